The second-order valence-corrected chi connectivity index (χ2v) is 5.48. The summed E-state index contributed by atoms with van der Waals surface area (Å²) in [6, 6.07) is 6.35. The predicted molar refractivity (Wildman–Crippen MR) is 75.8 cm³/mol. The van der Waals surface area contributed by atoms with E-state index in [-0.39, 0.29) is 11.7 Å². The molecule has 0 radical (unpaired) electrons. The Morgan fingerprint density at radius 3 is 2.89 bits per heavy atom. The van der Waals surface area contributed by atoms with Crippen molar-refractivity contribution in [1.82, 2.24) is 0 Å². The molecule has 1 amide bonds. The third-order valence-corrected chi connectivity index (χ3v) is 4.07. The Labute approximate surface area is 117 Å². The Morgan fingerprint density at radius 2 is 2.22 bits per heavy atom. The first-order valence-corrected chi connectivity index (χ1v) is 7.12. The molecule has 0 spiro atoms. The van der Waals surface area contributed by atoms with Crippen molar-refractivity contribution in [2.45, 2.75) is 13.3 Å². The summed E-state index contributed by atoms with van der Waals surface area (Å²) in [5.74, 6) is -0.501. The summed E-state index contributed by atoms with van der Waals surface area (Å²) >= 11 is 4.50. The van der Waals surface area contributed by atoms with Gasteiger partial charge in [0.1, 0.15) is 5.82 Å². The van der Waals surface area contributed by atoms with Crippen molar-refractivity contribution in [3.63, 3.8) is 0 Å². The van der Waals surface area contributed by atoms with E-state index in [0.717, 1.165) is 12.0 Å². The fraction of sp³-hybridized carbons (Fsp3) is 0.154. The zero-order valence-electron chi connectivity index (χ0n) is 9.67. The van der Waals surface area contributed by atoms with Crippen LogP contribution in [0.2, 0.25) is 0 Å². The molecular formula is C13H11BrFNOS. The normalized spacial score (nSPS) is 10.4. The number of benzene rings is 1. The first-order valence-electron chi connectivity index (χ1n) is 5.44. The maximum absolute atomic E-state index is 13.1. The summed E-state index contributed by atoms with van der Waals surface area (Å²) in [7, 11) is 0. The molecule has 0 saturated heterocycles. The Hall–Kier alpha value is -1.20. The Kier molecular flexibility index (Phi) is 4.14. The number of halogens is 2. The number of amides is 1. The molecule has 2 rings (SSSR count). The highest BCUT2D eigenvalue weighted by Crippen LogP contribution is 2.22. The van der Waals surface area contributed by atoms with Gasteiger partial charge in [0.05, 0.1) is 9.35 Å². The van der Waals surface area contributed by atoms with Gasteiger partial charge in [0, 0.05) is 5.69 Å². The number of thiophene rings is 1. The van der Waals surface area contributed by atoms with Crippen molar-refractivity contribution in [1.29, 1.82) is 0 Å². The van der Waals surface area contributed by atoms with Gasteiger partial charge in [0.15, 0.2) is 0 Å². The van der Waals surface area contributed by atoms with Gasteiger partial charge < -0.3 is 5.32 Å². The summed E-state index contributed by atoms with van der Waals surface area (Å²) in [4.78, 5) is 12.7. The molecule has 1 aromatic heterocycles. The molecule has 94 valence electrons. The van der Waals surface area contributed by atoms with Crippen molar-refractivity contribution in [2.24, 2.45) is 0 Å². The highest BCUT2D eigenvalue weighted by molar-refractivity contribution is 9.10. The quantitative estimate of drug-likeness (QED) is 0.885. The highest BCUT2D eigenvalue weighted by atomic mass is 79.9. The number of hydrogen-bond acceptors (Lipinski definition) is 2. The van der Waals surface area contributed by atoms with Crippen LogP contribution in [-0.4, -0.2) is 5.91 Å². The Morgan fingerprint density at radius 1 is 1.44 bits per heavy atom. The smallest absolute Gasteiger partial charge is 0.266 e. The molecule has 5 heteroatoms. The molecule has 2 nitrogen and oxygen atoms in total. The molecule has 0 aliphatic carbocycles. The largest absolute Gasteiger partial charge is 0.321 e. The maximum atomic E-state index is 13.1. The molecule has 0 aliphatic heterocycles. The molecule has 0 fully saturated rings. The van der Waals surface area contributed by atoms with E-state index in [4.69, 9.17) is 0 Å². The van der Waals surface area contributed by atoms with Gasteiger partial charge in [0.2, 0.25) is 0 Å². The number of anilines is 1. The number of hydrogen-bond donors (Lipinski definition) is 1. The van der Waals surface area contributed by atoms with Gasteiger partial charge in [-0.15, -0.1) is 11.3 Å². The number of carbonyl (C=O) groups is 1. The molecule has 0 saturated carbocycles. The molecule has 2 aromatic rings. The van der Waals surface area contributed by atoms with Crippen LogP contribution in [0.5, 0.6) is 0 Å². The van der Waals surface area contributed by atoms with E-state index in [1.54, 1.807) is 6.07 Å². The average molecular weight is 328 g/mol. The molecule has 0 atom stereocenters. The number of rotatable bonds is 3. The topological polar surface area (TPSA) is 29.1 Å². The van der Waals surface area contributed by atoms with E-state index in [9.17, 15) is 9.18 Å². The van der Waals surface area contributed by atoms with Crippen LogP contribution < -0.4 is 5.32 Å². The number of nitrogens with one attached hydrogen (secondary N) is 1. The molecular weight excluding hydrogens is 317 g/mol. The fourth-order valence-electron chi connectivity index (χ4n) is 1.58. The van der Waals surface area contributed by atoms with Crippen LogP contribution in [0.3, 0.4) is 0 Å². The van der Waals surface area contributed by atoms with Crippen molar-refractivity contribution in [3.8, 4) is 0 Å². The second kappa shape index (κ2) is 5.63. The van der Waals surface area contributed by atoms with Gasteiger partial charge in [-0.1, -0.05) is 6.92 Å². The molecule has 0 aliphatic rings. The lowest BCUT2D eigenvalue weighted by molar-refractivity contribution is 0.103. The first-order chi connectivity index (χ1) is 8.61. The Balaban J connectivity index is 2.19. The van der Waals surface area contributed by atoms with Gasteiger partial charge in [-0.25, -0.2) is 4.39 Å². The summed E-state index contributed by atoms with van der Waals surface area (Å²) < 4.78 is 13.4. The monoisotopic (exact) mass is 327 g/mol. The van der Waals surface area contributed by atoms with Gasteiger partial charge in [0.25, 0.3) is 5.91 Å². The SMILES string of the molecule is CCc1ccsc1C(=O)Nc1ccc(F)c(Br)c1. The van der Waals surface area contributed by atoms with Crippen LogP contribution in [-0.2, 0) is 6.42 Å². The minimum absolute atomic E-state index is 0.152. The average Bonchev–Trinajstić information content (AvgIpc) is 2.82. The number of aryl methyl sites for hydroxylation is 1. The lowest BCUT2D eigenvalue weighted by Crippen LogP contribution is -2.12. The van der Waals surface area contributed by atoms with Crippen LogP contribution >= 0.6 is 27.3 Å². The standard InChI is InChI=1S/C13H11BrFNOS/c1-2-8-5-6-18-12(8)13(17)16-9-3-4-11(15)10(14)7-9/h3-7H,2H2,1H3,(H,16,17). The van der Waals surface area contributed by atoms with Crippen molar-refractivity contribution in [2.75, 3.05) is 5.32 Å². The van der Waals surface area contributed by atoms with E-state index < -0.39 is 0 Å². The van der Waals surface area contributed by atoms with Crippen LogP contribution in [0.1, 0.15) is 22.2 Å². The van der Waals surface area contributed by atoms with Crippen LogP contribution in [0, 0.1) is 5.82 Å². The molecule has 1 N–H and O–H groups in total. The second-order valence-electron chi connectivity index (χ2n) is 3.71. The lowest BCUT2D eigenvalue weighted by atomic mass is 10.2. The van der Waals surface area contributed by atoms with Gasteiger partial charge in [-0.2, -0.15) is 0 Å². The van der Waals surface area contributed by atoms with Crippen LogP contribution in [0.25, 0.3) is 0 Å². The van der Waals surface area contributed by atoms with Gasteiger partial charge in [-0.05, 0) is 57.6 Å². The molecule has 0 bridgehead atoms. The van der Waals surface area contributed by atoms with E-state index in [0.29, 0.717) is 15.0 Å². The minimum atomic E-state index is -0.349. The van der Waals surface area contributed by atoms with Crippen molar-refractivity contribution >= 4 is 38.9 Å². The van der Waals surface area contributed by atoms with E-state index in [1.807, 2.05) is 18.4 Å². The summed E-state index contributed by atoms with van der Waals surface area (Å²) in [5, 5.41) is 4.66. The molecule has 1 heterocycles. The van der Waals surface area contributed by atoms with Crippen LogP contribution in [0.4, 0.5) is 10.1 Å². The molecule has 0 unspecified atom stereocenters. The Bertz CT molecular complexity index is 582. The van der Waals surface area contributed by atoms with Crippen molar-refractivity contribution in [3.05, 3.63) is 50.4 Å². The zero-order valence-corrected chi connectivity index (χ0v) is 12.1. The number of carbonyl (C=O) groups excluding carboxylic acids is 1. The maximum Gasteiger partial charge on any atom is 0.266 e. The highest BCUT2D eigenvalue weighted by Gasteiger charge is 2.12. The fourth-order valence-corrected chi connectivity index (χ4v) is 2.84. The minimum Gasteiger partial charge on any atom is -0.321 e. The van der Waals surface area contributed by atoms with Crippen LogP contribution in [0.15, 0.2) is 34.1 Å². The van der Waals surface area contributed by atoms with E-state index in [1.165, 1.54) is 23.5 Å². The van der Waals surface area contributed by atoms with Gasteiger partial charge in [-0.3, -0.25) is 4.79 Å². The summed E-state index contributed by atoms with van der Waals surface area (Å²) in [6.45, 7) is 2.01. The van der Waals surface area contributed by atoms with Gasteiger partial charge >= 0.3 is 0 Å². The van der Waals surface area contributed by atoms with E-state index >= 15 is 0 Å². The van der Waals surface area contributed by atoms with Crippen molar-refractivity contribution < 1.29 is 9.18 Å². The lowest BCUT2D eigenvalue weighted by Gasteiger charge is -2.06. The third-order valence-electron chi connectivity index (χ3n) is 2.51. The summed E-state index contributed by atoms with van der Waals surface area (Å²) in [5.41, 5.74) is 1.60. The molecule has 18 heavy (non-hydrogen) atoms. The first kappa shape index (κ1) is 13.2. The summed E-state index contributed by atoms with van der Waals surface area (Å²) in [6.07, 6.45) is 0.819. The third kappa shape index (κ3) is 2.79. The zero-order chi connectivity index (χ0) is 13.1. The predicted octanol–water partition coefficient (Wildman–Crippen LogP) is 4.46. The molecule has 1 aromatic carbocycles. The van der Waals surface area contributed by atoms with E-state index in [2.05, 4.69) is 21.2 Å².